The number of aromatic nitrogens is 1. The molecule has 1 aromatic heterocycles. The Morgan fingerprint density at radius 2 is 1.81 bits per heavy atom. The molecule has 1 unspecified atom stereocenters. The molecule has 36 heavy (non-hydrogen) atoms. The van der Waals surface area contributed by atoms with Gasteiger partial charge in [0.25, 0.3) is 5.91 Å². The van der Waals surface area contributed by atoms with Gasteiger partial charge in [0.2, 0.25) is 0 Å². The van der Waals surface area contributed by atoms with E-state index in [0.717, 1.165) is 39.4 Å². The van der Waals surface area contributed by atoms with Gasteiger partial charge in [-0.1, -0.05) is 5.16 Å². The first-order valence-electron chi connectivity index (χ1n) is 11.4. The largest absolute Gasteiger partial charge is 0.490 e. The zero-order valence-corrected chi connectivity index (χ0v) is 20.7. The number of fused-ring (bicyclic) bond motifs is 1. The Morgan fingerprint density at radius 1 is 1.08 bits per heavy atom. The highest BCUT2D eigenvalue weighted by Crippen LogP contribution is 2.39. The summed E-state index contributed by atoms with van der Waals surface area (Å²) in [5.74, 6) is 1.32. The smallest absolute Gasteiger partial charge is 0.259 e. The number of hydrogen-bond acceptors (Lipinski definition) is 9. The fraction of sp³-hybridized carbons (Fsp3) is 0.269. The highest BCUT2D eigenvalue weighted by atomic mass is 16.6. The highest BCUT2D eigenvalue weighted by Gasteiger charge is 2.31. The fourth-order valence-electron chi connectivity index (χ4n) is 4.16. The summed E-state index contributed by atoms with van der Waals surface area (Å²) in [6, 6.07) is 10.1. The van der Waals surface area contributed by atoms with E-state index in [1.807, 2.05) is 20.8 Å². The Labute approximate surface area is 209 Å². The number of ether oxygens (including phenoxy) is 2. The molecule has 7 N–H and O–H groups in total. The first-order valence-corrected chi connectivity index (χ1v) is 11.4. The van der Waals surface area contributed by atoms with Crippen molar-refractivity contribution < 1.29 is 19.1 Å². The summed E-state index contributed by atoms with van der Waals surface area (Å²) in [6.07, 6.45) is 0.238. The maximum atomic E-state index is 12.5. The quantitative estimate of drug-likeness (QED) is 0.301. The standard InChI is InChI=1S/C26H30N6O4/c1-13-14(2)24-22(15(3)23(13)28)20(32-34-4)11-18(36-24)12-35-17-7-5-16(6-8-17)30-26(33)19-9-10-21(27)31-25(19)29/h5-10,18H,11-12,28H2,1-4H3,(H,30,33)(H4,27,29,31). The molecule has 188 valence electrons. The Morgan fingerprint density at radius 3 is 2.47 bits per heavy atom. The van der Waals surface area contributed by atoms with Crippen LogP contribution in [0.1, 0.15) is 39.0 Å². The van der Waals surface area contributed by atoms with Gasteiger partial charge in [-0.15, -0.1) is 0 Å². The van der Waals surface area contributed by atoms with Crippen LogP contribution in [0, 0.1) is 20.8 Å². The van der Waals surface area contributed by atoms with Gasteiger partial charge >= 0.3 is 0 Å². The summed E-state index contributed by atoms with van der Waals surface area (Å²) in [4.78, 5) is 21.5. The molecule has 2 aromatic carbocycles. The van der Waals surface area contributed by atoms with E-state index in [-0.39, 0.29) is 29.2 Å². The van der Waals surface area contributed by atoms with Crippen LogP contribution in [0.4, 0.5) is 23.0 Å². The van der Waals surface area contributed by atoms with E-state index in [1.54, 1.807) is 24.3 Å². The van der Waals surface area contributed by atoms with Crippen molar-refractivity contribution in [3.63, 3.8) is 0 Å². The summed E-state index contributed by atoms with van der Waals surface area (Å²) in [7, 11) is 1.52. The predicted molar refractivity (Wildman–Crippen MR) is 141 cm³/mol. The number of carbonyl (C=O) groups excluding carboxylic acids is 1. The SMILES string of the molecule is CON=C1CC(COc2ccc(NC(=O)c3ccc(N)nc3N)cc2)Oc2c(C)c(C)c(N)c(C)c21. The van der Waals surface area contributed by atoms with Gasteiger partial charge in [-0.25, -0.2) is 4.98 Å². The number of nitrogens with one attached hydrogen (secondary N) is 1. The third-order valence-corrected chi connectivity index (χ3v) is 6.25. The van der Waals surface area contributed by atoms with Crippen molar-refractivity contribution in [3.05, 3.63) is 64.2 Å². The molecular weight excluding hydrogens is 460 g/mol. The zero-order chi connectivity index (χ0) is 26.0. The predicted octanol–water partition coefficient (Wildman–Crippen LogP) is 3.59. The average Bonchev–Trinajstić information content (AvgIpc) is 2.85. The Bertz CT molecular complexity index is 1340. The van der Waals surface area contributed by atoms with Gasteiger partial charge in [-0.3, -0.25) is 4.79 Å². The van der Waals surface area contributed by atoms with Crippen molar-refractivity contribution >= 4 is 34.6 Å². The molecule has 10 nitrogen and oxygen atoms in total. The minimum atomic E-state index is -0.380. The van der Waals surface area contributed by atoms with Crippen LogP contribution >= 0.6 is 0 Å². The lowest BCUT2D eigenvalue weighted by molar-refractivity contribution is 0.102. The van der Waals surface area contributed by atoms with Crippen LogP contribution < -0.4 is 32.0 Å². The number of amides is 1. The molecule has 1 amide bonds. The number of oxime groups is 1. The van der Waals surface area contributed by atoms with Crippen LogP contribution in [0.5, 0.6) is 11.5 Å². The van der Waals surface area contributed by atoms with E-state index in [9.17, 15) is 4.79 Å². The van der Waals surface area contributed by atoms with Gasteiger partial charge < -0.3 is 36.8 Å². The molecule has 2 heterocycles. The monoisotopic (exact) mass is 490 g/mol. The molecule has 10 heteroatoms. The van der Waals surface area contributed by atoms with Crippen LogP contribution in [0.25, 0.3) is 0 Å². The number of anilines is 4. The lowest BCUT2D eigenvalue weighted by atomic mass is 9.90. The molecule has 1 aliphatic rings. The van der Waals surface area contributed by atoms with Crippen molar-refractivity contribution in [1.82, 2.24) is 4.98 Å². The van der Waals surface area contributed by atoms with E-state index in [0.29, 0.717) is 24.5 Å². The van der Waals surface area contributed by atoms with Crippen molar-refractivity contribution in [2.45, 2.75) is 33.3 Å². The van der Waals surface area contributed by atoms with Crippen LogP contribution in [-0.2, 0) is 4.84 Å². The summed E-state index contributed by atoms with van der Waals surface area (Å²) in [5.41, 5.74) is 23.8. The highest BCUT2D eigenvalue weighted by molar-refractivity contribution is 6.07. The van der Waals surface area contributed by atoms with Crippen LogP contribution in [0.2, 0.25) is 0 Å². The molecule has 3 aromatic rings. The molecule has 1 aliphatic heterocycles. The second-order valence-corrected chi connectivity index (χ2v) is 8.62. The normalized spacial score (nSPS) is 15.7. The Balaban J connectivity index is 1.44. The maximum Gasteiger partial charge on any atom is 0.259 e. The molecule has 0 saturated heterocycles. The van der Waals surface area contributed by atoms with Gasteiger partial charge in [0, 0.05) is 23.4 Å². The lowest BCUT2D eigenvalue weighted by Gasteiger charge is -2.30. The lowest BCUT2D eigenvalue weighted by Crippen LogP contribution is -2.34. The van der Waals surface area contributed by atoms with E-state index in [1.165, 1.54) is 19.2 Å². The minimum absolute atomic E-state index is 0.0706. The van der Waals surface area contributed by atoms with Gasteiger partial charge in [-0.05, 0) is 73.9 Å². The summed E-state index contributed by atoms with van der Waals surface area (Å²) >= 11 is 0. The summed E-state index contributed by atoms with van der Waals surface area (Å²) in [6.45, 7) is 6.22. The molecule has 0 bridgehead atoms. The third-order valence-electron chi connectivity index (χ3n) is 6.25. The summed E-state index contributed by atoms with van der Waals surface area (Å²) < 4.78 is 12.3. The molecule has 4 rings (SSSR count). The van der Waals surface area contributed by atoms with E-state index in [4.69, 9.17) is 31.5 Å². The van der Waals surface area contributed by atoms with E-state index in [2.05, 4.69) is 15.5 Å². The maximum absolute atomic E-state index is 12.5. The minimum Gasteiger partial charge on any atom is -0.490 e. The molecule has 0 saturated carbocycles. The first-order chi connectivity index (χ1) is 17.2. The van der Waals surface area contributed by atoms with Gasteiger partial charge in [0.1, 0.15) is 43.0 Å². The van der Waals surface area contributed by atoms with Crippen molar-refractivity contribution in [2.24, 2.45) is 5.16 Å². The van der Waals surface area contributed by atoms with Crippen molar-refractivity contribution in [1.29, 1.82) is 0 Å². The Hall–Kier alpha value is -4.47. The topological polar surface area (TPSA) is 160 Å². The number of nitrogen functional groups attached to an aromatic ring is 3. The Kier molecular flexibility index (Phi) is 6.86. The van der Waals surface area contributed by atoms with Crippen molar-refractivity contribution in [2.75, 3.05) is 36.2 Å². The third kappa shape index (κ3) is 4.83. The number of hydrogen-bond donors (Lipinski definition) is 4. The van der Waals surface area contributed by atoms with Gasteiger partial charge in [-0.2, -0.15) is 0 Å². The van der Waals surface area contributed by atoms with Crippen LogP contribution in [0.15, 0.2) is 41.6 Å². The first kappa shape index (κ1) is 24.6. The molecule has 0 aliphatic carbocycles. The molecule has 0 fully saturated rings. The molecular formula is C26H30N6O4. The van der Waals surface area contributed by atoms with E-state index >= 15 is 0 Å². The zero-order valence-electron chi connectivity index (χ0n) is 20.7. The fourth-order valence-corrected chi connectivity index (χ4v) is 4.16. The second kappa shape index (κ2) is 10.0. The summed E-state index contributed by atoms with van der Waals surface area (Å²) in [5, 5.41) is 7.03. The molecule has 1 atom stereocenters. The molecule has 0 radical (unpaired) electrons. The second-order valence-electron chi connectivity index (χ2n) is 8.62. The number of nitrogens with two attached hydrogens (primary N) is 3. The number of benzene rings is 2. The number of pyridine rings is 1. The average molecular weight is 491 g/mol. The number of rotatable bonds is 6. The number of nitrogens with zero attached hydrogens (tertiary/aromatic N) is 2. The van der Waals surface area contributed by atoms with Crippen LogP contribution in [0.3, 0.4) is 0 Å². The number of carbonyl (C=O) groups is 1. The van der Waals surface area contributed by atoms with Crippen LogP contribution in [-0.4, -0.2) is 36.4 Å². The van der Waals surface area contributed by atoms with Gasteiger partial charge in [0.15, 0.2) is 0 Å². The van der Waals surface area contributed by atoms with E-state index < -0.39 is 0 Å². The van der Waals surface area contributed by atoms with Crippen molar-refractivity contribution in [3.8, 4) is 11.5 Å². The molecule has 0 spiro atoms. The van der Waals surface area contributed by atoms with Gasteiger partial charge in [0.05, 0.1) is 11.3 Å².